The molecule has 222 valence electrons. The zero-order valence-corrected chi connectivity index (χ0v) is 24.2. The molecule has 0 aliphatic carbocycles. The van der Waals surface area contributed by atoms with Gasteiger partial charge in [0, 0.05) is 49.2 Å². The van der Waals surface area contributed by atoms with E-state index in [2.05, 4.69) is 33.0 Å². The Morgan fingerprint density at radius 3 is 2.88 bits per heavy atom. The molecule has 7 nitrogen and oxygen atoms in total. The van der Waals surface area contributed by atoms with E-state index in [0.29, 0.717) is 40.5 Å². The van der Waals surface area contributed by atoms with Gasteiger partial charge in [-0.2, -0.15) is 9.97 Å². The number of nitrogens with zero attached hydrogens (tertiary/aromatic N) is 5. The van der Waals surface area contributed by atoms with Crippen LogP contribution in [0.15, 0.2) is 36.5 Å². The molecule has 1 N–H and O–H groups in total. The predicted octanol–water partition coefficient (Wildman–Crippen LogP) is 5.25. The third-order valence-corrected chi connectivity index (χ3v) is 9.58. The fourth-order valence-corrected chi connectivity index (χ4v) is 7.41. The van der Waals surface area contributed by atoms with E-state index in [9.17, 15) is 8.78 Å². The molecule has 3 fully saturated rings. The number of aromatic nitrogens is 3. The summed E-state index contributed by atoms with van der Waals surface area (Å²) in [5, 5.41) is 4.97. The van der Waals surface area contributed by atoms with E-state index in [0.717, 1.165) is 32.4 Å². The summed E-state index contributed by atoms with van der Waals surface area (Å²) >= 11 is 0. The topological polar surface area (TPSA) is 66.4 Å². The number of anilines is 1. The lowest BCUT2D eigenvalue weighted by atomic mass is 9.95. The van der Waals surface area contributed by atoms with Crippen LogP contribution in [0.1, 0.15) is 38.2 Å². The summed E-state index contributed by atoms with van der Waals surface area (Å²) in [6.45, 7) is 4.42. The SMILES string of the molecule is C#Cc1c(F)ccc2cccc(-c3ncc4c(N(C)[C@@H]5CCN[C@H]5C)nc(OC[C@@]56CCCN5C[C@H](F)C6)nc4c3F)c12. The van der Waals surface area contributed by atoms with Crippen LogP contribution in [0.3, 0.4) is 0 Å². The molecule has 4 atom stereocenters. The number of halogens is 3. The van der Waals surface area contributed by atoms with Crippen molar-refractivity contribution < 1.29 is 17.9 Å². The van der Waals surface area contributed by atoms with Crippen LogP contribution in [0.4, 0.5) is 19.0 Å². The predicted molar refractivity (Wildman–Crippen MR) is 161 cm³/mol. The molecule has 5 heterocycles. The minimum absolute atomic E-state index is 0.00554. The molecule has 3 aliphatic rings. The van der Waals surface area contributed by atoms with Gasteiger partial charge in [-0.05, 0) is 50.7 Å². The minimum Gasteiger partial charge on any atom is -0.461 e. The fourth-order valence-electron chi connectivity index (χ4n) is 7.41. The Balaban J connectivity index is 1.37. The van der Waals surface area contributed by atoms with Gasteiger partial charge >= 0.3 is 6.01 Å². The molecule has 0 unspecified atom stereocenters. The maximum Gasteiger partial charge on any atom is 0.319 e. The molecular formula is C33H33F3N6O. The summed E-state index contributed by atoms with van der Waals surface area (Å²) in [6.07, 6.45) is 9.44. The standard InChI is InChI=1S/C33H33F3N6O/c1-4-22-25(35)10-9-20-7-5-8-23(27(20)22)29-28(36)30-24(16-38-29)31(41(3)26-11-13-37-19(26)2)40-32(39-30)43-18-33-12-6-14-42(33)17-21(34)15-33/h1,5,7-10,16,19,21,26,37H,6,11-15,17-18H2,2-3H3/t19-,21+,26+,33-/m0/s1. The monoisotopic (exact) mass is 586 g/mol. The second kappa shape index (κ2) is 10.6. The van der Waals surface area contributed by atoms with Gasteiger partial charge in [-0.15, -0.1) is 6.42 Å². The summed E-state index contributed by atoms with van der Waals surface area (Å²) < 4.78 is 52.0. The van der Waals surface area contributed by atoms with Crippen molar-refractivity contribution in [1.29, 1.82) is 0 Å². The van der Waals surface area contributed by atoms with Gasteiger partial charge in [-0.1, -0.05) is 30.2 Å². The highest BCUT2D eigenvalue weighted by Crippen LogP contribution is 2.41. The van der Waals surface area contributed by atoms with Crippen molar-refractivity contribution in [3.05, 3.63) is 53.7 Å². The second-order valence-corrected chi connectivity index (χ2v) is 12.1. The first-order chi connectivity index (χ1) is 20.8. The number of benzene rings is 2. The Bertz CT molecular complexity index is 1780. The van der Waals surface area contributed by atoms with E-state index in [1.54, 1.807) is 30.5 Å². The lowest BCUT2D eigenvalue weighted by Gasteiger charge is -2.31. The number of hydrogen-bond acceptors (Lipinski definition) is 7. The largest absolute Gasteiger partial charge is 0.461 e. The van der Waals surface area contributed by atoms with Crippen molar-refractivity contribution in [2.24, 2.45) is 0 Å². The summed E-state index contributed by atoms with van der Waals surface area (Å²) in [5.74, 6) is 1.68. The average molecular weight is 587 g/mol. The van der Waals surface area contributed by atoms with Gasteiger partial charge in [0.15, 0.2) is 5.82 Å². The zero-order chi connectivity index (χ0) is 29.9. The van der Waals surface area contributed by atoms with Gasteiger partial charge < -0.3 is 15.0 Å². The van der Waals surface area contributed by atoms with Gasteiger partial charge in [0.05, 0.1) is 16.5 Å². The van der Waals surface area contributed by atoms with Crippen molar-refractivity contribution in [1.82, 2.24) is 25.2 Å². The quantitative estimate of drug-likeness (QED) is 0.310. The van der Waals surface area contributed by atoms with E-state index in [1.807, 2.05) is 11.9 Å². The number of nitrogens with one attached hydrogen (secondary N) is 1. The molecule has 2 aromatic carbocycles. The first kappa shape index (κ1) is 27.9. The van der Waals surface area contributed by atoms with Gasteiger partial charge in [0.25, 0.3) is 0 Å². The van der Waals surface area contributed by atoms with E-state index in [4.69, 9.17) is 16.1 Å². The van der Waals surface area contributed by atoms with Crippen LogP contribution in [-0.2, 0) is 0 Å². The molecule has 0 bridgehead atoms. The number of hydrogen-bond donors (Lipinski definition) is 1. The third-order valence-electron chi connectivity index (χ3n) is 9.58. The fraction of sp³-hybridized carbons (Fsp3) is 0.424. The highest BCUT2D eigenvalue weighted by atomic mass is 19.1. The molecule has 7 rings (SSSR count). The lowest BCUT2D eigenvalue weighted by molar-refractivity contribution is 0.107. The summed E-state index contributed by atoms with van der Waals surface area (Å²) in [6, 6.07) is 8.49. The van der Waals surface area contributed by atoms with E-state index >= 15 is 4.39 Å². The summed E-state index contributed by atoms with van der Waals surface area (Å²) in [4.78, 5) is 18.1. The number of terminal acetylenes is 1. The minimum atomic E-state index is -0.899. The summed E-state index contributed by atoms with van der Waals surface area (Å²) in [7, 11) is 1.93. The Morgan fingerprint density at radius 1 is 1.23 bits per heavy atom. The van der Waals surface area contributed by atoms with Crippen LogP contribution < -0.4 is 15.0 Å². The maximum absolute atomic E-state index is 16.7. The lowest BCUT2D eigenvalue weighted by Crippen LogP contribution is -2.43. The normalized spacial score (nSPS) is 25.3. The smallest absolute Gasteiger partial charge is 0.319 e. The summed E-state index contributed by atoms with van der Waals surface area (Å²) in [5.41, 5.74) is 0.0586. The van der Waals surface area contributed by atoms with E-state index in [1.165, 1.54) is 6.07 Å². The van der Waals surface area contributed by atoms with Gasteiger partial charge in [0.2, 0.25) is 0 Å². The first-order valence-electron chi connectivity index (χ1n) is 14.8. The number of ether oxygens (including phenoxy) is 1. The molecule has 0 amide bonds. The first-order valence-corrected chi connectivity index (χ1v) is 14.8. The Morgan fingerprint density at radius 2 is 2.09 bits per heavy atom. The molecule has 4 aromatic rings. The van der Waals surface area contributed by atoms with Gasteiger partial charge in [-0.3, -0.25) is 9.88 Å². The number of alkyl halides is 1. The molecule has 43 heavy (non-hydrogen) atoms. The second-order valence-electron chi connectivity index (χ2n) is 12.1. The molecule has 2 aromatic heterocycles. The maximum atomic E-state index is 16.7. The number of rotatable bonds is 6. The van der Waals surface area contributed by atoms with Crippen molar-refractivity contribution in [3.63, 3.8) is 0 Å². The number of pyridine rings is 1. The van der Waals surface area contributed by atoms with Gasteiger partial charge in [-0.25, -0.2) is 13.2 Å². The van der Waals surface area contributed by atoms with Crippen LogP contribution in [0.25, 0.3) is 32.9 Å². The highest BCUT2D eigenvalue weighted by molar-refractivity contribution is 6.02. The van der Waals surface area contributed by atoms with Crippen molar-refractivity contribution in [2.45, 2.75) is 56.4 Å². The van der Waals surface area contributed by atoms with Crippen LogP contribution in [0.2, 0.25) is 0 Å². The van der Waals surface area contributed by atoms with E-state index < -0.39 is 23.3 Å². The van der Waals surface area contributed by atoms with Crippen molar-refractivity contribution >= 4 is 27.5 Å². The van der Waals surface area contributed by atoms with Crippen molar-refractivity contribution in [3.8, 4) is 29.6 Å². The third kappa shape index (κ3) is 4.57. The molecule has 0 spiro atoms. The number of fused-ring (bicyclic) bond motifs is 3. The van der Waals surface area contributed by atoms with E-state index in [-0.39, 0.29) is 41.5 Å². The van der Waals surface area contributed by atoms with Crippen LogP contribution in [0.5, 0.6) is 6.01 Å². The van der Waals surface area contributed by atoms with Gasteiger partial charge in [0.1, 0.15) is 35.6 Å². The molecular weight excluding hydrogens is 553 g/mol. The number of likely N-dealkylation sites (N-methyl/N-ethyl adjacent to an activating group) is 1. The van der Waals surface area contributed by atoms with Crippen molar-refractivity contribution in [2.75, 3.05) is 38.2 Å². The molecule has 0 radical (unpaired) electrons. The average Bonchev–Trinajstić information content (AvgIpc) is 3.69. The zero-order valence-electron chi connectivity index (χ0n) is 24.2. The molecule has 0 saturated carbocycles. The van der Waals surface area contributed by atoms with Crippen LogP contribution >= 0.6 is 0 Å². The molecule has 3 aliphatic heterocycles. The molecule has 10 heteroatoms. The van der Waals surface area contributed by atoms with Crippen LogP contribution in [0, 0.1) is 24.0 Å². The Hall–Kier alpha value is -3.94. The molecule has 3 saturated heterocycles. The Labute approximate surface area is 248 Å². The van der Waals surface area contributed by atoms with Crippen LogP contribution in [-0.4, -0.2) is 76.9 Å². The Kier molecular flexibility index (Phi) is 6.90. The highest BCUT2D eigenvalue weighted by Gasteiger charge is 2.49.